The monoisotopic (exact) mass is 350 g/mol. The van der Waals surface area contributed by atoms with E-state index >= 15 is 0 Å². The van der Waals surface area contributed by atoms with Crippen molar-refractivity contribution in [3.8, 4) is 0 Å². The quantitative estimate of drug-likeness (QED) is 0.739. The van der Waals surface area contributed by atoms with Crippen molar-refractivity contribution >= 4 is 23.0 Å². The molecular weight excluding hydrogens is 324 g/mol. The van der Waals surface area contributed by atoms with Gasteiger partial charge in [-0.2, -0.15) is 0 Å². The Balaban J connectivity index is 1.38. The van der Waals surface area contributed by atoms with Gasteiger partial charge in [-0.25, -0.2) is 0 Å². The van der Waals surface area contributed by atoms with Gasteiger partial charge in [0.1, 0.15) is 0 Å². The van der Waals surface area contributed by atoms with Crippen molar-refractivity contribution < 1.29 is 14.3 Å². The number of nitrogens with zero attached hydrogens (tertiary/aromatic N) is 2. The number of aryl methyl sites for hydroxylation is 1. The van der Waals surface area contributed by atoms with Crippen molar-refractivity contribution in [3.05, 3.63) is 21.9 Å². The zero-order valence-corrected chi connectivity index (χ0v) is 15.1. The Morgan fingerprint density at radius 2 is 2.00 bits per heavy atom. The summed E-state index contributed by atoms with van der Waals surface area (Å²) in [5.41, 5.74) is 0. The average Bonchev–Trinajstić information content (AvgIpc) is 3.24. The Morgan fingerprint density at radius 1 is 1.21 bits per heavy atom. The molecule has 1 amide bonds. The van der Waals surface area contributed by atoms with Crippen LogP contribution in [0.5, 0.6) is 0 Å². The number of carbonyl (C=O) groups is 2. The zero-order chi connectivity index (χ0) is 16.9. The smallest absolute Gasteiger partial charge is 0.223 e. The Kier molecular flexibility index (Phi) is 6.03. The average molecular weight is 350 g/mol. The molecule has 2 aliphatic heterocycles. The van der Waals surface area contributed by atoms with Crippen LogP contribution < -0.4 is 0 Å². The Morgan fingerprint density at radius 3 is 2.62 bits per heavy atom. The molecule has 5 nitrogen and oxygen atoms in total. The highest BCUT2D eigenvalue weighted by Gasteiger charge is 2.25. The van der Waals surface area contributed by atoms with E-state index in [1.54, 1.807) is 0 Å². The van der Waals surface area contributed by atoms with Gasteiger partial charge in [-0.3, -0.25) is 14.5 Å². The SMILES string of the molecule is Cc1ccc(C(=O)CCC(=O)N2CCN(C[C@@H]3CCCO3)CC2)s1. The number of Topliss-reactive ketones (excluding diaryl/α,β-unsaturated/α-hetero) is 1. The van der Waals surface area contributed by atoms with Gasteiger partial charge in [0.2, 0.25) is 5.91 Å². The summed E-state index contributed by atoms with van der Waals surface area (Å²) in [6, 6.07) is 3.81. The molecule has 3 rings (SSSR count). The molecule has 1 aromatic rings. The Bertz CT molecular complexity index is 573. The number of ketones is 1. The minimum Gasteiger partial charge on any atom is -0.377 e. The molecule has 24 heavy (non-hydrogen) atoms. The maximum absolute atomic E-state index is 12.3. The molecule has 2 fully saturated rings. The third kappa shape index (κ3) is 4.65. The number of ether oxygens (including phenoxy) is 1. The van der Waals surface area contributed by atoms with Crippen LogP contribution in [0, 0.1) is 6.92 Å². The van der Waals surface area contributed by atoms with Crippen LogP contribution in [-0.4, -0.2) is 66.9 Å². The normalized spacial score (nSPS) is 22.0. The van der Waals surface area contributed by atoms with Gasteiger partial charge in [0.05, 0.1) is 11.0 Å². The Hall–Kier alpha value is -1.24. The van der Waals surface area contributed by atoms with Crippen molar-refractivity contribution in [2.75, 3.05) is 39.3 Å². The van der Waals surface area contributed by atoms with E-state index in [1.165, 1.54) is 17.8 Å². The third-order valence-corrected chi connectivity index (χ3v) is 5.83. The van der Waals surface area contributed by atoms with Gasteiger partial charge in [-0.15, -0.1) is 11.3 Å². The summed E-state index contributed by atoms with van der Waals surface area (Å²) in [5, 5.41) is 0. The van der Waals surface area contributed by atoms with E-state index in [0.29, 0.717) is 18.9 Å². The van der Waals surface area contributed by atoms with E-state index in [2.05, 4.69) is 4.90 Å². The first-order valence-corrected chi connectivity index (χ1v) is 9.65. The molecule has 2 saturated heterocycles. The van der Waals surface area contributed by atoms with Gasteiger partial charge in [0, 0.05) is 57.0 Å². The first-order valence-electron chi connectivity index (χ1n) is 8.83. The lowest BCUT2D eigenvalue weighted by Gasteiger charge is -2.35. The van der Waals surface area contributed by atoms with Gasteiger partial charge in [0.15, 0.2) is 5.78 Å². The summed E-state index contributed by atoms with van der Waals surface area (Å²) in [7, 11) is 0. The van der Waals surface area contributed by atoms with Crippen molar-refractivity contribution in [3.63, 3.8) is 0 Å². The summed E-state index contributed by atoms with van der Waals surface area (Å²) in [6.07, 6.45) is 3.33. The second-order valence-corrected chi connectivity index (χ2v) is 7.94. The highest BCUT2D eigenvalue weighted by Crippen LogP contribution is 2.18. The minimum absolute atomic E-state index is 0.0819. The predicted octanol–water partition coefficient (Wildman–Crippen LogP) is 2.34. The molecule has 1 atom stereocenters. The summed E-state index contributed by atoms with van der Waals surface area (Å²) < 4.78 is 5.68. The number of piperazine rings is 1. The molecular formula is C18H26N2O3S. The fourth-order valence-corrected chi connectivity index (χ4v) is 4.18. The molecule has 0 radical (unpaired) electrons. The summed E-state index contributed by atoms with van der Waals surface area (Å²) in [4.78, 5) is 30.6. The predicted molar refractivity (Wildman–Crippen MR) is 94.6 cm³/mol. The summed E-state index contributed by atoms with van der Waals surface area (Å²) in [6.45, 7) is 7.20. The standard InChI is InChI=1S/C18H26N2O3S/c1-14-4-6-17(24-14)16(21)5-7-18(22)20-10-8-19(9-11-20)13-15-3-2-12-23-15/h4,6,15H,2-3,5,7-13H2,1H3/t15-/m0/s1. The lowest BCUT2D eigenvalue weighted by atomic mass is 10.1. The van der Waals surface area contributed by atoms with Crippen LogP contribution in [0.1, 0.15) is 40.2 Å². The lowest BCUT2D eigenvalue weighted by Crippen LogP contribution is -2.50. The van der Waals surface area contributed by atoms with Crippen molar-refractivity contribution in [1.29, 1.82) is 0 Å². The highest BCUT2D eigenvalue weighted by atomic mass is 32.1. The molecule has 0 N–H and O–H groups in total. The van der Waals surface area contributed by atoms with Crippen molar-refractivity contribution in [2.45, 2.75) is 38.7 Å². The zero-order valence-electron chi connectivity index (χ0n) is 14.3. The molecule has 0 bridgehead atoms. The molecule has 6 heteroatoms. The van der Waals surface area contributed by atoms with Crippen LogP contribution in [0.25, 0.3) is 0 Å². The fraction of sp³-hybridized carbons (Fsp3) is 0.667. The van der Waals surface area contributed by atoms with E-state index in [1.807, 2.05) is 24.0 Å². The van der Waals surface area contributed by atoms with Crippen LogP contribution in [0.4, 0.5) is 0 Å². The molecule has 0 unspecified atom stereocenters. The van der Waals surface area contributed by atoms with Gasteiger partial charge in [0.25, 0.3) is 0 Å². The topological polar surface area (TPSA) is 49.9 Å². The molecule has 132 valence electrons. The molecule has 0 spiro atoms. The van der Waals surface area contributed by atoms with Gasteiger partial charge >= 0.3 is 0 Å². The van der Waals surface area contributed by atoms with E-state index < -0.39 is 0 Å². The van der Waals surface area contributed by atoms with Crippen LogP contribution in [-0.2, 0) is 9.53 Å². The van der Waals surface area contributed by atoms with Crippen molar-refractivity contribution in [1.82, 2.24) is 9.80 Å². The van der Waals surface area contributed by atoms with Crippen LogP contribution in [0.2, 0.25) is 0 Å². The van der Waals surface area contributed by atoms with E-state index in [4.69, 9.17) is 4.74 Å². The second kappa shape index (κ2) is 8.23. The van der Waals surface area contributed by atoms with E-state index in [9.17, 15) is 9.59 Å². The first kappa shape index (κ1) is 17.6. The molecule has 2 aliphatic rings. The van der Waals surface area contributed by atoms with Crippen molar-refractivity contribution in [2.24, 2.45) is 0 Å². The number of hydrogen-bond donors (Lipinski definition) is 0. The van der Waals surface area contributed by atoms with Crippen LogP contribution in [0.15, 0.2) is 12.1 Å². The Labute approximate surface area is 147 Å². The molecule has 3 heterocycles. The van der Waals surface area contributed by atoms with Gasteiger partial charge in [-0.05, 0) is 31.9 Å². The summed E-state index contributed by atoms with van der Waals surface area (Å²) >= 11 is 1.51. The van der Waals surface area contributed by atoms with Crippen LogP contribution >= 0.6 is 11.3 Å². The van der Waals surface area contributed by atoms with Gasteiger partial charge in [-0.1, -0.05) is 0 Å². The lowest BCUT2D eigenvalue weighted by molar-refractivity contribution is -0.133. The third-order valence-electron chi connectivity index (χ3n) is 4.79. The molecule has 0 aliphatic carbocycles. The molecule has 0 aromatic carbocycles. The highest BCUT2D eigenvalue weighted by molar-refractivity contribution is 7.14. The van der Waals surface area contributed by atoms with E-state index in [-0.39, 0.29) is 11.7 Å². The maximum atomic E-state index is 12.3. The molecule has 1 aromatic heterocycles. The number of hydrogen-bond acceptors (Lipinski definition) is 5. The molecule has 0 saturated carbocycles. The summed E-state index contributed by atoms with van der Waals surface area (Å²) in [5.74, 6) is 0.187. The second-order valence-electron chi connectivity index (χ2n) is 6.65. The minimum atomic E-state index is 0.0819. The first-order chi connectivity index (χ1) is 11.6. The fourth-order valence-electron chi connectivity index (χ4n) is 3.34. The number of carbonyl (C=O) groups excluding carboxylic acids is 2. The number of thiophene rings is 1. The van der Waals surface area contributed by atoms with Crippen LogP contribution in [0.3, 0.4) is 0 Å². The maximum Gasteiger partial charge on any atom is 0.223 e. The number of rotatable bonds is 6. The number of amides is 1. The van der Waals surface area contributed by atoms with Gasteiger partial charge < -0.3 is 9.64 Å². The largest absolute Gasteiger partial charge is 0.377 e. The van der Waals surface area contributed by atoms with E-state index in [0.717, 1.165) is 55.5 Å².